The third-order valence-electron chi connectivity index (χ3n) is 2.84. The lowest BCUT2D eigenvalue weighted by atomic mass is 10.4. The lowest BCUT2D eigenvalue weighted by Gasteiger charge is -2.20. The molecule has 2 rings (SSSR count). The van der Waals surface area contributed by atoms with E-state index in [-0.39, 0.29) is 24.4 Å². The Morgan fingerprint density at radius 1 is 1.24 bits per heavy atom. The van der Waals surface area contributed by atoms with Gasteiger partial charge in [0.1, 0.15) is 5.76 Å². The minimum atomic E-state index is -3.70. The van der Waals surface area contributed by atoms with E-state index in [1.165, 1.54) is 34.8 Å². The summed E-state index contributed by atoms with van der Waals surface area (Å²) in [6.07, 6.45) is 1.58. The Hall–Kier alpha value is -1.81. The first-order valence-corrected chi connectivity index (χ1v) is 8.01. The number of sulfonamides is 1. The van der Waals surface area contributed by atoms with Gasteiger partial charge in [0.2, 0.25) is 10.0 Å². The molecule has 0 aliphatic heterocycles. The molecule has 0 unspecified atom stereocenters. The van der Waals surface area contributed by atoms with Crippen LogP contribution in [0, 0.1) is 11.3 Å². The molecule has 0 saturated heterocycles. The van der Waals surface area contributed by atoms with Gasteiger partial charge in [-0.2, -0.15) is 9.57 Å². The van der Waals surface area contributed by atoms with Crippen molar-refractivity contribution in [2.24, 2.45) is 0 Å². The van der Waals surface area contributed by atoms with Crippen molar-refractivity contribution in [1.82, 2.24) is 4.31 Å². The molecule has 0 aliphatic carbocycles. The van der Waals surface area contributed by atoms with E-state index in [2.05, 4.69) is 0 Å². The van der Waals surface area contributed by atoms with E-state index in [9.17, 15) is 8.42 Å². The predicted octanol–water partition coefficient (Wildman–Crippen LogP) is 3.04. The second-order valence-electron chi connectivity index (χ2n) is 4.28. The zero-order valence-electron chi connectivity index (χ0n) is 11.1. The fourth-order valence-corrected chi connectivity index (χ4v) is 3.32. The molecule has 0 fully saturated rings. The summed E-state index contributed by atoms with van der Waals surface area (Å²) in [7, 11) is -3.70. The summed E-state index contributed by atoms with van der Waals surface area (Å²) in [4.78, 5) is 0.136. The molecule has 21 heavy (non-hydrogen) atoms. The maximum atomic E-state index is 12.6. The summed E-state index contributed by atoms with van der Waals surface area (Å²) in [5, 5.41) is 9.16. The van der Waals surface area contributed by atoms with E-state index in [0.29, 0.717) is 10.8 Å². The fraction of sp³-hybridized carbons (Fsp3) is 0.214. The average molecular weight is 325 g/mol. The summed E-state index contributed by atoms with van der Waals surface area (Å²) in [6.45, 7) is 0.182. The maximum absolute atomic E-state index is 12.6. The number of halogens is 1. The first-order chi connectivity index (χ1) is 10.0. The van der Waals surface area contributed by atoms with Crippen LogP contribution in [-0.4, -0.2) is 19.3 Å². The van der Waals surface area contributed by atoms with E-state index in [4.69, 9.17) is 21.3 Å². The molecule has 0 radical (unpaired) electrons. The smallest absolute Gasteiger partial charge is 0.243 e. The second-order valence-corrected chi connectivity index (χ2v) is 6.65. The highest BCUT2D eigenvalue weighted by Crippen LogP contribution is 2.20. The molecular formula is C14H13ClN2O3S. The molecule has 5 nitrogen and oxygen atoms in total. The molecular weight excluding hydrogens is 312 g/mol. The third-order valence-corrected chi connectivity index (χ3v) is 4.95. The van der Waals surface area contributed by atoms with Crippen molar-refractivity contribution in [2.45, 2.75) is 17.9 Å². The Morgan fingerprint density at radius 2 is 1.95 bits per heavy atom. The van der Waals surface area contributed by atoms with Crippen molar-refractivity contribution in [1.29, 1.82) is 5.26 Å². The van der Waals surface area contributed by atoms with E-state index >= 15 is 0 Å². The zero-order valence-corrected chi connectivity index (χ0v) is 12.6. The number of hydrogen-bond acceptors (Lipinski definition) is 4. The van der Waals surface area contributed by atoms with Crippen molar-refractivity contribution in [3.8, 4) is 6.07 Å². The number of nitrogens with zero attached hydrogens (tertiary/aromatic N) is 2. The number of nitriles is 1. The molecule has 0 atom stereocenters. The number of hydrogen-bond donors (Lipinski definition) is 0. The van der Waals surface area contributed by atoms with E-state index in [0.717, 1.165) is 0 Å². The van der Waals surface area contributed by atoms with Crippen LogP contribution < -0.4 is 0 Å². The second kappa shape index (κ2) is 6.76. The summed E-state index contributed by atoms with van der Waals surface area (Å²) < 4.78 is 31.6. The van der Waals surface area contributed by atoms with Crippen LogP contribution >= 0.6 is 11.6 Å². The molecule has 0 amide bonds. The Balaban J connectivity index is 2.29. The van der Waals surface area contributed by atoms with Crippen LogP contribution in [0.1, 0.15) is 12.2 Å². The Labute approximate surface area is 128 Å². The maximum Gasteiger partial charge on any atom is 0.243 e. The van der Waals surface area contributed by atoms with Crippen molar-refractivity contribution in [3.05, 3.63) is 53.4 Å². The van der Waals surface area contributed by atoms with Crippen molar-refractivity contribution >= 4 is 21.6 Å². The number of rotatable bonds is 6. The molecule has 1 aromatic carbocycles. The number of furan rings is 1. The summed E-state index contributed by atoms with van der Waals surface area (Å²) in [5.74, 6) is 0.519. The van der Waals surface area contributed by atoms with Gasteiger partial charge in [-0.3, -0.25) is 0 Å². The van der Waals surface area contributed by atoms with Crippen LogP contribution in [-0.2, 0) is 16.6 Å². The molecule has 0 aliphatic rings. The van der Waals surface area contributed by atoms with Crippen molar-refractivity contribution < 1.29 is 12.8 Å². The third kappa shape index (κ3) is 3.85. The van der Waals surface area contributed by atoms with Gasteiger partial charge in [0.25, 0.3) is 0 Å². The molecule has 0 spiro atoms. The topological polar surface area (TPSA) is 74.3 Å². The normalized spacial score (nSPS) is 11.5. The minimum Gasteiger partial charge on any atom is -0.468 e. The van der Waals surface area contributed by atoms with Gasteiger partial charge in [-0.25, -0.2) is 8.42 Å². The van der Waals surface area contributed by atoms with E-state index in [1.54, 1.807) is 12.1 Å². The number of benzene rings is 1. The first kappa shape index (κ1) is 15.6. The summed E-state index contributed by atoms with van der Waals surface area (Å²) >= 11 is 5.77. The van der Waals surface area contributed by atoms with Crippen molar-refractivity contribution in [2.75, 3.05) is 6.54 Å². The van der Waals surface area contributed by atoms with Crippen LogP contribution in [0.5, 0.6) is 0 Å². The molecule has 110 valence electrons. The standard InChI is InChI=1S/C14H13ClN2O3S/c15-12-4-6-14(7-5-12)21(18,19)17(9-2-8-16)11-13-3-1-10-20-13/h1,3-7,10H,2,9,11H2. The molecule has 2 aromatic rings. The van der Waals surface area contributed by atoms with Gasteiger partial charge in [0.05, 0.1) is 23.8 Å². The molecule has 1 aromatic heterocycles. The minimum absolute atomic E-state index is 0.0830. The van der Waals surface area contributed by atoms with Gasteiger partial charge in [-0.05, 0) is 36.4 Å². The van der Waals surface area contributed by atoms with Gasteiger partial charge >= 0.3 is 0 Å². The van der Waals surface area contributed by atoms with Crippen LogP contribution in [0.3, 0.4) is 0 Å². The summed E-state index contributed by atoms with van der Waals surface area (Å²) in [5.41, 5.74) is 0. The van der Waals surface area contributed by atoms with E-state index in [1.807, 2.05) is 6.07 Å². The van der Waals surface area contributed by atoms with Crippen molar-refractivity contribution in [3.63, 3.8) is 0 Å². The molecule has 0 saturated carbocycles. The fourth-order valence-electron chi connectivity index (χ4n) is 1.79. The van der Waals surface area contributed by atoms with Gasteiger partial charge < -0.3 is 4.42 Å². The Bertz CT molecular complexity index is 719. The molecule has 0 N–H and O–H groups in total. The quantitative estimate of drug-likeness (QED) is 0.818. The van der Waals surface area contributed by atoms with Crippen LogP contribution in [0.25, 0.3) is 0 Å². The lowest BCUT2D eigenvalue weighted by molar-refractivity contribution is 0.368. The highest BCUT2D eigenvalue weighted by molar-refractivity contribution is 7.89. The predicted molar refractivity (Wildman–Crippen MR) is 78.0 cm³/mol. The lowest BCUT2D eigenvalue weighted by Crippen LogP contribution is -2.31. The van der Waals surface area contributed by atoms with Gasteiger partial charge in [0, 0.05) is 18.0 Å². The summed E-state index contributed by atoms with van der Waals surface area (Å²) in [6, 6.07) is 11.3. The molecule has 7 heteroatoms. The molecule has 0 bridgehead atoms. The van der Waals surface area contributed by atoms with Crippen LogP contribution in [0.4, 0.5) is 0 Å². The average Bonchev–Trinajstić information content (AvgIpc) is 2.96. The van der Waals surface area contributed by atoms with Gasteiger partial charge in [-0.1, -0.05) is 11.6 Å². The SMILES string of the molecule is N#CCCN(Cc1ccco1)S(=O)(=O)c1ccc(Cl)cc1. The highest BCUT2D eigenvalue weighted by Gasteiger charge is 2.25. The Kier molecular flexibility index (Phi) is 5.02. The van der Waals surface area contributed by atoms with Gasteiger partial charge in [0.15, 0.2) is 0 Å². The monoisotopic (exact) mass is 324 g/mol. The van der Waals surface area contributed by atoms with Crippen LogP contribution in [0.15, 0.2) is 52.0 Å². The largest absolute Gasteiger partial charge is 0.468 e. The Morgan fingerprint density at radius 3 is 2.52 bits per heavy atom. The zero-order chi connectivity index (χ0) is 15.3. The highest BCUT2D eigenvalue weighted by atomic mass is 35.5. The van der Waals surface area contributed by atoms with E-state index < -0.39 is 10.0 Å². The van der Waals surface area contributed by atoms with Crippen LogP contribution in [0.2, 0.25) is 5.02 Å². The molecule has 1 heterocycles. The first-order valence-electron chi connectivity index (χ1n) is 6.19. The van der Waals surface area contributed by atoms with Gasteiger partial charge in [-0.15, -0.1) is 0 Å².